The molecule has 3 N–H and O–H groups in total. The number of benzene rings is 1. The van der Waals surface area contributed by atoms with E-state index in [4.69, 9.17) is 5.73 Å². The summed E-state index contributed by atoms with van der Waals surface area (Å²) in [5.74, 6) is 0.105. The van der Waals surface area contributed by atoms with Crippen molar-refractivity contribution in [1.82, 2.24) is 0 Å². The maximum Gasteiger partial charge on any atom is 0.231 e. The van der Waals surface area contributed by atoms with Gasteiger partial charge in [-0.3, -0.25) is 4.79 Å². The van der Waals surface area contributed by atoms with Crippen molar-refractivity contribution in [1.29, 1.82) is 0 Å². The first-order valence-electron chi connectivity index (χ1n) is 5.33. The predicted octanol–water partition coefficient (Wildman–Crippen LogP) is 2.15. The second-order valence-corrected chi connectivity index (χ2v) is 4.09. The fourth-order valence-corrected chi connectivity index (χ4v) is 2.03. The van der Waals surface area contributed by atoms with Crippen molar-refractivity contribution >= 4 is 11.6 Å². The van der Waals surface area contributed by atoms with Gasteiger partial charge in [-0.15, -0.1) is 0 Å². The normalized spacial score (nSPS) is 21.0. The molecular formula is C12H16N2O. The van der Waals surface area contributed by atoms with E-state index in [0.29, 0.717) is 0 Å². The lowest BCUT2D eigenvalue weighted by Gasteiger charge is -2.09. The number of fused-ring (bicyclic) bond motifs is 1. The summed E-state index contributed by atoms with van der Waals surface area (Å²) in [4.78, 5) is 11.6. The van der Waals surface area contributed by atoms with E-state index >= 15 is 0 Å². The molecule has 3 nitrogen and oxygen atoms in total. The molecule has 1 aliphatic rings. The Hall–Kier alpha value is -1.35. The third kappa shape index (κ3) is 1.63. The summed E-state index contributed by atoms with van der Waals surface area (Å²) in [5, 5.41) is 2.88. The number of hydrogen-bond acceptors (Lipinski definition) is 2. The summed E-state index contributed by atoms with van der Waals surface area (Å²) in [6.07, 6.45) is 0.835. The van der Waals surface area contributed by atoms with Crippen LogP contribution in [0.4, 0.5) is 5.69 Å². The molecule has 0 aromatic heterocycles. The number of carbonyl (C=O) groups excluding carboxylic acids is 1. The predicted molar refractivity (Wildman–Crippen MR) is 60.7 cm³/mol. The first-order chi connectivity index (χ1) is 7.13. The van der Waals surface area contributed by atoms with E-state index in [9.17, 15) is 4.79 Å². The second-order valence-electron chi connectivity index (χ2n) is 4.09. The molecule has 80 valence electrons. The highest BCUT2D eigenvalue weighted by Gasteiger charge is 2.28. The van der Waals surface area contributed by atoms with Crippen molar-refractivity contribution in [2.75, 3.05) is 5.32 Å². The second kappa shape index (κ2) is 3.66. The number of nitrogens with two attached hydrogens (primary N) is 1. The number of carbonyl (C=O) groups is 1. The zero-order valence-corrected chi connectivity index (χ0v) is 9.08. The molecule has 1 amide bonds. The van der Waals surface area contributed by atoms with Crippen LogP contribution in [0, 0.1) is 0 Å². The van der Waals surface area contributed by atoms with Crippen LogP contribution in [0.2, 0.25) is 0 Å². The van der Waals surface area contributed by atoms with E-state index in [0.717, 1.165) is 23.2 Å². The van der Waals surface area contributed by atoms with Gasteiger partial charge in [-0.05, 0) is 30.5 Å². The van der Waals surface area contributed by atoms with Gasteiger partial charge in [0.05, 0.1) is 5.92 Å². The fraction of sp³-hybridized carbons (Fsp3) is 0.417. The van der Waals surface area contributed by atoms with E-state index in [2.05, 4.69) is 5.32 Å². The maximum atomic E-state index is 11.6. The van der Waals surface area contributed by atoms with Crippen molar-refractivity contribution in [3.8, 4) is 0 Å². The van der Waals surface area contributed by atoms with Crippen LogP contribution in [0.5, 0.6) is 0 Å². The van der Waals surface area contributed by atoms with Crippen LogP contribution >= 0.6 is 0 Å². The van der Waals surface area contributed by atoms with Crippen LogP contribution in [0.15, 0.2) is 18.2 Å². The van der Waals surface area contributed by atoms with Crippen LogP contribution < -0.4 is 11.1 Å². The molecule has 0 aliphatic carbocycles. The molecule has 15 heavy (non-hydrogen) atoms. The summed E-state index contributed by atoms with van der Waals surface area (Å²) < 4.78 is 0. The molecule has 2 atom stereocenters. The third-order valence-corrected chi connectivity index (χ3v) is 2.96. The Kier molecular flexibility index (Phi) is 2.49. The first-order valence-corrected chi connectivity index (χ1v) is 5.33. The molecule has 0 saturated carbocycles. The van der Waals surface area contributed by atoms with E-state index < -0.39 is 0 Å². The van der Waals surface area contributed by atoms with Gasteiger partial charge in [0.2, 0.25) is 5.91 Å². The summed E-state index contributed by atoms with van der Waals surface area (Å²) in [7, 11) is 0. The van der Waals surface area contributed by atoms with E-state index in [1.54, 1.807) is 0 Å². The number of nitrogens with one attached hydrogen (secondary N) is 1. The number of hydrogen-bond donors (Lipinski definition) is 2. The Morgan fingerprint density at radius 1 is 1.53 bits per heavy atom. The molecule has 1 heterocycles. The van der Waals surface area contributed by atoms with Gasteiger partial charge in [0.1, 0.15) is 0 Å². The molecule has 0 radical (unpaired) electrons. The van der Waals surface area contributed by atoms with Crippen molar-refractivity contribution in [2.24, 2.45) is 5.73 Å². The largest absolute Gasteiger partial charge is 0.325 e. The molecule has 2 unspecified atom stereocenters. The maximum absolute atomic E-state index is 11.6. The van der Waals surface area contributed by atoms with E-state index in [1.165, 1.54) is 0 Å². The summed E-state index contributed by atoms with van der Waals surface area (Å²) in [5.41, 5.74) is 8.95. The molecule has 1 aliphatic heterocycles. The molecular weight excluding hydrogens is 188 g/mol. The first kappa shape index (κ1) is 10.2. The summed E-state index contributed by atoms with van der Waals surface area (Å²) in [6.45, 7) is 3.98. The molecule has 0 fully saturated rings. The van der Waals surface area contributed by atoms with Crippen LogP contribution in [-0.4, -0.2) is 5.91 Å². The molecule has 0 saturated heterocycles. The van der Waals surface area contributed by atoms with Gasteiger partial charge in [0, 0.05) is 11.7 Å². The Balaban J connectivity index is 2.44. The summed E-state index contributed by atoms with van der Waals surface area (Å²) >= 11 is 0. The number of rotatable bonds is 2. The van der Waals surface area contributed by atoms with Crippen LogP contribution in [0.1, 0.15) is 43.4 Å². The average molecular weight is 204 g/mol. The molecule has 2 rings (SSSR count). The minimum atomic E-state index is -0.00120. The number of amides is 1. The quantitative estimate of drug-likeness (QED) is 0.775. The van der Waals surface area contributed by atoms with Gasteiger partial charge in [-0.2, -0.15) is 0 Å². The molecule has 0 bridgehead atoms. The molecule has 1 aromatic rings. The van der Waals surface area contributed by atoms with Gasteiger partial charge >= 0.3 is 0 Å². The van der Waals surface area contributed by atoms with Crippen molar-refractivity contribution < 1.29 is 4.79 Å². The van der Waals surface area contributed by atoms with Gasteiger partial charge in [-0.25, -0.2) is 0 Å². The Morgan fingerprint density at radius 2 is 2.27 bits per heavy atom. The zero-order valence-electron chi connectivity index (χ0n) is 9.08. The standard InChI is InChI=1S/C12H16N2O/c1-3-9-10-6-8(7(2)13)4-5-11(10)14-12(9)15/h4-7,9H,3,13H2,1-2H3,(H,14,15). The lowest BCUT2D eigenvalue weighted by Crippen LogP contribution is -2.10. The van der Waals surface area contributed by atoms with Gasteiger partial charge < -0.3 is 11.1 Å². The monoisotopic (exact) mass is 204 g/mol. The highest BCUT2D eigenvalue weighted by Crippen LogP contribution is 2.35. The van der Waals surface area contributed by atoms with Crippen LogP contribution in [0.25, 0.3) is 0 Å². The topological polar surface area (TPSA) is 55.1 Å². The molecule has 0 spiro atoms. The van der Waals surface area contributed by atoms with Crippen molar-refractivity contribution in [3.63, 3.8) is 0 Å². The average Bonchev–Trinajstić information content (AvgIpc) is 2.51. The summed E-state index contributed by atoms with van der Waals surface area (Å²) in [6, 6.07) is 5.98. The lowest BCUT2D eigenvalue weighted by atomic mass is 9.95. The minimum absolute atomic E-state index is 0.00120. The SMILES string of the molecule is CCC1C(=O)Nc2ccc(C(C)N)cc21. The van der Waals surface area contributed by atoms with Crippen LogP contribution in [0.3, 0.4) is 0 Å². The Bertz CT molecular complexity index is 399. The van der Waals surface area contributed by atoms with Gasteiger partial charge in [-0.1, -0.05) is 19.1 Å². The fourth-order valence-electron chi connectivity index (χ4n) is 2.03. The van der Waals surface area contributed by atoms with E-state index in [1.807, 2.05) is 32.0 Å². The lowest BCUT2D eigenvalue weighted by molar-refractivity contribution is -0.117. The Morgan fingerprint density at radius 3 is 2.87 bits per heavy atom. The van der Waals surface area contributed by atoms with Crippen molar-refractivity contribution in [2.45, 2.75) is 32.2 Å². The molecule has 3 heteroatoms. The highest BCUT2D eigenvalue weighted by molar-refractivity contribution is 6.02. The van der Waals surface area contributed by atoms with Gasteiger partial charge in [0.25, 0.3) is 0 Å². The zero-order chi connectivity index (χ0) is 11.0. The Labute approximate surface area is 89.7 Å². The number of anilines is 1. The van der Waals surface area contributed by atoms with Gasteiger partial charge in [0.15, 0.2) is 0 Å². The van der Waals surface area contributed by atoms with E-state index in [-0.39, 0.29) is 17.9 Å². The molecule has 1 aromatic carbocycles. The minimum Gasteiger partial charge on any atom is -0.325 e. The van der Waals surface area contributed by atoms with Crippen molar-refractivity contribution in [3.05, 3.63) is 29.3 Å². The smallest absolute Gasteiger partial charge is 0.231 e. The highest BCUT2D eigenvalue weighted by atomic mass is 16.2. The van der Waals surface area contributed by atoms with Crippen LogP contribution in [-0.2, 0) is 4.79 Å². The third-order valence-electron chi connectivity index (χ3n) is 2.96.